The highest BCUT2D eigenvalue weighted by Gasteiger charge is 2.13. The first-order valence-electron chi connectivity index (χ1n) is 6.72. The van der Waals surface area contributed by atoms with Gasteiger partial charge >= 0.3 is 0 Å². The molecule has 0 spiro atoms. The summed E-state index contributed by atoms with van der Waals surface area (Å²) in [5.74, 6) is 0. The highest BCUT2D eigenvalue weighted by molar-refractivity contribution is 7.89. The topological polar surface area (TPSA) is 59.1 Å². The van der Waals surface area contributed by atoms with E-state index >= 15 is 0 Å². The van der Waals surface area contributed by atoms with Crippen LogP contribution in [0.2, 0.25) is 5.02 Å². The molecule has 4 nitrogen and oxygen atoms in total. The van der Waals surface area contributed by atoms with E-state index in [-0.39, 0.29) is 4.90 Å². The van der Waals surface area contributed by atoms with Crippen molar-refractivity contribution in [3.8, 4) is 0 Å². The predicted molar refractivity (Wildman–Crippen MR) is 83.8 cm³/mol. The van der Waals surface area contributed by atoms with E-state index in [2.05, 4.69) is 9.71 Å². The molecule has 1 aromatic heterocycles. The van der Waals surface area contributed by atoms with E-state index in [9.17, 15) is 8.42 Å². The molecule has 0 saturated carbocycles. The fraction of sp³-hybridized carbons (Fsp3) is 0.267. The summed E-state index contributed by atoms with van der Waals surface area (Å²) in [6.07, 6.45) is 6.14. The van der Waals surface area contributed by atoms with E-state index in [1.165, 1.54) is 12.1 Å². The third kappa shape index (κ3) is 5.12. The summed E-state index contributed by atoms with van der Waals surface area (Å²) in [5.41, 5.74) is 1.16. The van der Waals surface area contributed by atoms with Gasteiger partial charge in [-0.05, 0) is 49.1 Å². The second-order valence-electron chi connectivity index (χ2n) is 4.67. The van der Waals surface area contributed by atoms with Crippen molar-refractivity contribution in [3.63, 3.8) is 0 Å². The van der Waals surface area contributed by atoms with E-state index in [0.717, 1.165) is 24.8 Å². The summed E-state index contributed by atoms with van der Waals surface area (Å²) in [4.78, 5) is 4.24. The van der Waals surface area contributed by atoms with Gasteiger partial charge in [-0.2, -0.15) is 0 Å². The smallest absolute Gasteiger partial charge is 0.240 e. The van der Waals surface area contributed by atoms with Crippen LogP contribution >= 0.6 is 11.6 Å². The third-order valence-electron chi connectivity index (χ3n) is 3.01. The molecule has 0 aliphatic rings. The quantitative estimate of drug-likeness (QED) is 0.796. The van der Waals surface area contributed by atoms with Crippen molar-refractivity contribution >= 4 is 21.6 Å². The number of hydrogen-bond acceptors (Lipinski definition) is 3. The molecule has 0 fully saturated rings. The van der Waals surface area contributed by atoms with Crippen LogP contribution in [0.1, 0.15) is 18.4 Å². The molecule has 1 heterocycles. The molecule has 2 aromatic rings. The first kappa shape index (κ1) is 15.9. The number of aromatic nitrogens is 1. The van der Waals surface area contributed by atoms with E-state index in [0.29, 0.717) is 11.6 Å². The minimum absolute atomic E-state index is 0.197. The summed E-state index contributed by atoms with van der Waals surface area (Å²) in [6, 6.07) is 10.2. The van der Waals surface area contributed by atoms with Gasteiger partial charge in [0.05, 0.1) is 4.90 Å². The second-order valence-corrected chi connectivity index (χ2v) is 6.88. The largest absolute Gasteiger partial charge is 0.264 e. The zero-order chi connectivity index (χ0) is 15.1. The Morgan fingerprint density at radius 1 is 1.14 bits per heavy atom. The van der Waals surface area contributed by atoms with Gasteiger partial charge in [0, 0.05) is 24.0 Å². The summed E-state index contributed by atoms with van der Waals surface area (Å²) in [6.45, 7) is 0.412. The van der Waals surface area contributed by atoms with Crippen LogP contribution in [0.15, 0.2) is 53.7 Å². The number of hydrogen-bond donors (Lipinski definition) is 1. The van der Waals surface area contributed by atoms with E-state index in [1.54, 1.807) is 18.3 Å². The Bertz CT molecular complexity index is 675. The highest BCUT2D eigenvalue weighted by atomic mass is 35.5. The summed E-state index contributed by atoms with van der Waals surface area (Å²) in [7, 11) is -3.47. The molecule has 0 unspecified atom stereocenters. The molecule has 0 amide bonds. The van der Waals surface area contributed by atoms with Gasteiger partial charge in [-0.15, -0.1) is 0 Å². The zero-order valence-corrected chi connectivity index (χ0v) is 13.1. The van der Waals surface area contributed by atoms with Crippen molar-refractivity contribution in [1.29, 1.82) is 0 Å². The second kappa shape index (κ2) is 7.54. The molecular weight excluding hydrogens is 308 g/mol. The molecule has 0 aliphatic heterocycles. The average Bonchev–Trinajstić information content (AvgIpc) is 2.48. The molecular formula is C15H17ClN2O2S. The number of aryl methyl sites for hydroxylation is 1. The maximum absolute atomic E-state index is 12.0. The molecule has 21 heavy (non-hydrogen) atoms. The van der Waals surface area contributed by atoms with Crippen LogP contribution in [0.5, 0.6) is 0 Å². The predicted octanol–water partition coefficient (Wildman–Crippen LogP) is 3.04. The van der Waals surface area contributed by atoms with Crippen molar-refractivity contribution in [3.05, 3.63) is 59.4 Å². The number of rotatable bonds is 7. The van der Waals surface area contributed by atoms with Crippen molar-refractivity contribution in [2.24, 2.45) is 0 Å². The first-order valence-corrected chi connectivity index (χ1v) is 8.58. The minimum Gasteiger partial charge on any atom is -0.264 e. The van der Waals surface area contributed by atoms with Gasteiger partial charge in [0.25, 0.3) is 0 Å². The van der Waals surface area contributed by atoms with Crippen LogP contribution in [-0.2, 0) is 16.4 Å². The van der Waals surface area contributed by atoms with Crippen LogP contribution in [0.4, 0.5) is 0 Å². The minimum atomic E-state index is -3.47. The number of halogens is 1. The van der Waals surface area contributed by atoms with Gasteiger partial charge in [0.1, 0.15) is 0 Å². The normalized spacial score (nSPS) is 11.5. The van der Waals surface area contributed by atoms with E-state index < -0.39 is 10.0 Å². The maximum Gasteiger partial charge on any atom is 0.240 e. The summed E-state index contributed by atoms with van der Waals surface area (Å²) < 4.78 is 26.7. The average molecular weight is 325 g/mol. The molecule has 2 rings (SSSR count). The molecule has 112 valence electrons. The Morgan fingerprint density at radius 2 is 2.00 bits per heavy atom. The van der Waals surface area contributed by atoms with Crippen molar-refractivity contribution in [1.82, 2.24) is 9.71 Å². The lowest BCUT2D eigenvalue weighted by Crippen LogP contribution is -2.24. The number of benzene rings is 1. The van der Waals surface area contributed by atoms with Crippen molar-refractivity contribution in [2.75, 3.05) is 6.54 Å². The van der Waals surface area contributed by atoms with Crippen molar-refractivity contribution < 1.29 is 8.42 Å². The van der Waals surface area contributed by atoms with Crippen LogP contribution < -0.4 is 4.72 Å². The third-order valence-corrected chi connectivity index (χ3v) is 4.71. The van der Waals surface area contributed by atoms with Crippen LogP contribution in [-0.4, -0.2) is 19.9 Å². The fourth-order valence-electron chi connectivity index (χ4n) is 1.92. The standard InChI is InChI=1S/C15H17ClN2O2S/c16-14-7-3-8-15(11-14)21(19,20)18-10-2-1-5-13-6-4-9-17-12-13/h3-4,6-9,11-12,18H,1-2,5,10H2. The molecule has 6 heteroatoms. The van der Waals surface area contributed by atoms with Gasteiger partial charge in [0.15, 0.2) is 0 Å². The number of unbranched alkanes of at least 4 members (excludes halogenated alkanes) is 1. The molecule has 0 bridgehead atoms. The molecule has 0 aliphatic carbocycles. The maximum atomic E-state index is 12.0. The van der Waals surface area contributed by atoms with Gasteiger partial charge in [-0.3, -0.25) is 4.98 Å². The lowest BCUT2D eigenvalue weighted by Gasteiger charge is -2.07. The molecule has 0 atom stereocenters. The Balaban J connectivity index is 1.78. The Morgan fingerprint density at radius 3 is 2.71 bits per heavy atom. The Hall–Kier alpha value is -1.43. The Labute approximate surface area is 130 Å². The van der Waals surface area contributed by atoms with Gasteiger partial charge in [-0.1, -0.05) is 23.7 Å². The van der Waals surface area contributed by atoms with Gasteiger partial charge < -0.3 is 0 Å². The highest BCUT2D eigenvalue weighted by Crippen LogP contribution is 2.15. The molecule has 1 aromatic carbocycles. The van der Waals surface area contributed by atoms with Crippen LogP contribution in [0.3, 0.4) is 0 Å². The number of nitrogens with one attached hydrogen (secondary N) is 1. The molecule has 0 saturated heterocycles. The zero-order valence-electron chi connectivity index (χ0n) is 11.5. The van der Waals surface area contributed by atoms with Crippen molar-refractivity contribution in [2.45, 2.75) is 24.2 Å². The fourth-order valence-corrected chi connectivity index (χ4v) is 3.30. The lowest BCUT2D eigenvalue weighted by atomic mass is 10.1. The van der Waals surface area contributed by atoms with Gasteiger partial charge in [0.2, 0.25) is 10.0 Å². The van der Waals surface area contributed by atoms with E-state index in [4.69, 9.17) is 11.6 Å². The number of sulfonamides is 1. The molecule has 0 radical (unpaired) electrons. The monoisotopic (exact) mass is 324 g/mol. The lowest BCUT2D eigenvalue weighted by molar-refractivity contribution is 0.576. The van der Waals surface area contributed by atoms with Crippen LogP contribution in [0.25, 0.3) is 0 Å². The summed E-state index contributed by atoms with van der Waals surface area (Å²) in [5, 5.41) is 0.412. The first-order chi connectivity index (χ1) is 10.1. The van der Waals surface area contributed by atoms with Crippen LogP contribution in [0, 0.1) is 0 Å². The number of pyridine rings is 1. The SMILES string of the molecule is O=S(=O)(NCCCCc1cccnc1)c1cccc(Cl)c1. The number of nitrogens with zero attached hydrogens (tertiary/aromatic N) is 1. The Kier molecular flexibility index (Phi) is 5.73. The van der Waals surface area contributed by atoms with E-state index in [1.807, 2.05) is 18.3 Å². The summed E-state index contributed by atoms with van der Waals surface area (Å²) >= 11 is 5.80. The van der Waals surface area contributed by atoms with Gasteiger partial charge in [-0.25, -0.2) is 13.1 Å². The molecule has 1 N–H and O–H groups in total.